The highest BCUT2D eigenvalue weighted by molar-refractivity contribution is 5.92. The average molecular weight is 365 g/mol. The Kier molecular flexibility index (Phi) is 6.15. The molecule has 0 saturated carbocycles. The lowest BCUT2D eigenvalue weighted by Gasteiger charge is -2.21. The number of amides is 1. The second-order valence-corrected chi connectivity index (χ2v) is 6.07. The first-order valence-electron chi connectivity index (χ1n) is 8.80. The molecule has 1 aliphatic rings. The quantitative estimate of drug-likeness (QED) is 0.555. The van der Waals surface area contributed by atoms with Crippen LogP contribution >= 0.6 is 0 Å². The molecule has 2 aromatic rings. The summed E-state index contributed by atoms with van der Waals surface area (Å²) in [6.45, 7) is 5.74. The van der Waals surface area contributed by atoms with E-state index in [9.17, 15) is 4.79 Å². The van der Waals surface area contributed by atoms with Crippen molar-refractivity contribution < 1.29 is 19.0 Å². The third kappa shape index (κ3) is 4.70. The number of ether oxygens (including phenoxy) is 3. The van der Waals surface area contributed by atoms with Gasteiger partial charge in [-0.25, -0.2) is 0 Å². The van der Waals surface area contributed by atoms with E-state index >= 15 is 0 Å². The van der Waals surface area contributed by atoms with Crippen LogP contribution in [0.15, 0.2) is 61.2 Å². The normalized spacial score (nSPS) is 12.6. The van der Waals surface area contributed by atoms with Gasteiger partial charge in [0.25, 0.3) is 0 Å². The number of methoxy groups -OCH3 is 1. The van der Waals surface area contributed by atoms with Crippen molar-refractivity contribution in [1.29, 1.82) is 0 Å². The van der Waals surface area contributed by atoms with Crippen LogP contribution in [0.1, 0.15) is 11.1 Å². The van der Waals surface area contributed by atoms with Crippen LogP contribution < -0.4 is 14.2 Å². The number of hydrogen-bond acceptors (Lipinski definition) is 4. The molecule has 0 unspecified atom stereocenters. The molecular weight excluding hydrogens is 342 g/mol. The second kappa shape index (κ2) is 8.94. The number of carbonyl (C=O) groups excluding carboxylic acids is 1. The standard InChI is InChI=1S/C22H23NO4/c1-3-11-23(16-17-7-5-4-6-8-17)21(24)10-9-18-14-19(25-2)22-20(15-18)26-12-13-27-22/h3-10,14-15H,1,11-13,16H2,2H3/b10-9+. The van der Waals surface area contributed by atoms with Gasteiger partial charge in [-0.2, -0.15) is 0 Å². The maximum Gasteiger partial charge on any atom is 0.247 e. The van der Waals surface area contributed by atoms with Crippen LogP contribution in [0.3, 0.4) is 0 Å². The largest absolute Gasteiger partial charge is 0.493 e. The molecule has 3 rings (SSSR count). The second-order valence-electron chi connectivity index (χ2n) is 6.07. The number of nitrogens with zero attached hydrogens (tertiary/aromatic N) is 1. The van der Waals surface area contributed by atoms with E-state index in [4.69, 9.17) is 14.2 Å². The first kappa shape index (κ1) is 18.6. The van der Waals surface area contributed by atoms with Crippen LogP contribution in [0.4, 0.5) is 0 Å². The van der Waals surface area contributed by atoms with E-state index in [2.05, 4.69) is 6.58 Å². The van der Waals surface area contributed by atoms with E-state index in [-0.39, 0.29) is 5.91 Å². The predicted octanol–water partition coefficient (Wildman–Crippen LogP) is 3.69. The maximum absolute atomic E-state index is 12.7. The molecule has 0 bridgehead atoms. The van der Waals surface area contributed by atoms with Gasteiger partial charge in [-0.05, 0) is 29.3 Å². The van der Waals surface area contributed by atoms with Crippen molar-refractivity contribution in [3.8, 4) is 17.2 Å². The summed E-state index contributed by atoms with van der Waals surface area (Å²) in [5.41, 5.74) is 1.88. The smallest absolute Gasteiger partial charge is 0.247 e. The highest BCUT2D eigenvalue weighted by Crippen LogP contribution is 2.40. The summed E-state index contributed by atoms with van der Waals surface area (Å²) >= 11 is 0. The van der Waals surface area contributed by atoms with Crippen molar-refractivity contribution in [3.63, 3.8) is 0 Å². The van der Waals surface area contributed by atoms with Crippen LogP contribution in [-0.4, -0.2) is 37.7 Å². The Bertz CT molecular complexity index is 812. The van der Waals surface area contributed by atoms with E-state index in [0.29, 0.717) is 43.6 Å². The molecule has 1 amide bonds. The summed E-state index contributed by atoms with van der Waals surface area (Å²) in [5, 5.41) is 0. The molecule has 0 atom stereocenters. The maximum atomic E-state index is 12.7. The summed E-state index contributed by atoms with van der Waals surface area (Å²) in [6.07, 6.45) is 5.03. The minimum atomic E-state index is -0.0902. The molecule has 140 valence electrons. The summed E-state index contributed by atoms with van der Waals surface area (Å²) < 4.78 is 16.6. The van der Waals surface area contributed by atoms with Crippen molar-refractivity contribution in [1.82, 2.24) is 4.90 Å². The van der Waals surface area contributed by atoms with Crippen molar-refractivity contribution in [2.75, 3.05) is 26.9 Å². The van der Waals surface area contributed by atoms with E-state index in [0.717, 1.165) is 11.1 Å². The average Bonchev–Trinajstić information content (AvgIpc) is 2.71. The van der Waals surface area contributed by atoms with E-state index in [1.165, 1.54) is 0 Å². The van der Waals surface area contributed by atoms with Gasteiger partial charge in [-0.3, -0.25) is 4.79 Å². The molecule has 0 spiro atoms. The Balaban J connectivity index is 1.77. The van der Waals surface area contributed by atoms with Gasteiger partial charge in [0, 0.05) is 19.2 Å². The number of hydrogen-bond donors (Lipinski definition) is 0. The Labute approximate surface area is 159 Å². The number of fused-ring (bicyclic) bond motifs is 1. The van der Waals surface area contributed by atoms with Crippen LogP contribution in [0.25, 0.3) is 6.08 Å². The zero-order valence-corrected chi connectivity index (χ0v) is 15.4. The number of benzene rings is 2. The fraction of sp³-hybridized carbons (Fsp3) is 0.227. The fourth-order valence-electron chi connectivity index (χ4n) is 2.85. The fourth-order valence-corrected chi connectivity index (χ4v) is 2.85. The molecule has 5 heteroatoms. The van der Waals surface area contributed by atoms with Crippen LogP contribution in [0.2, 0.25) is 0 Å². The van der Waals surface area contributed by atoms with Crippen LogP contribution in [0, 0.1) is 0 Å². The van der Waals surface area contributed by atoms with Crippen LogP contribution in [0.5, 0.6) is 17.2 Å². The summed E-state index contributed by atoms with van der Waals surface area (Å²) in [4.78, 5) is 14.4. The monoisotopic (exact) mass is 365 g/mol. The molecule has 0 radical (unpaired) electrons. The molecule has 0 aromatic heterocycles. The summed E-state index contributed by atoms with van der Waals surface area (Å²) in [6, 6.07) is 13.5. The zero-order valence-electron chi connectivity index (χ0n) is 15.4. The van der Waals surface area contributed by atoms with Crippen LogP contribution in [-0.2, 0) is 11.3 Å². The van der Waals surface area contributed by atoms with Gasteiger partial charge >= 0.3 is 0 Å². The Morgan fingerprint density at radius 2 is 2.00 bits per heavy atom. The summed E-state index contributed by atoms with van der Waals surface area (Å²) in [7, 11) is 1.58. The van der Waals surface area contributed by atoms with Gasteiger partial charge in [-0.15, -0.1) is 6.58 Å². The molecule has 0 saturated heterocycles. The molecule has 27 heavy (non-hydrogen) atoms. The highest BCUT2D eigenvalue weighted by atomic mass is 16.6. The minimum Gasteiger partial charge on any atom is -0.493 e. The van der Waals surface area contributed by atoms with Gasteiger partial charge < -0.3 is 19.1 Å². The lowest BCUT2D eigenvalue weighted by molar-refractivity contribution is -0.126. The molecule has 1 aliphatic heterocycles. The molecule has 0 N–H and O–H groups in total. The Morgan fingerprint density at radius 3 is 2.74 bits per heavy atom. The van der Waals surface area contributed by atoms with Gasteiger partial charge in [0.15, 0.2) is 11.5 Å². The molecule has 0 fully saturated rings. The van der Waals surface area contributed by atoms with Gasteiger partial charge in [0.2, 0.25) is 11.7 Å². The Morgan fingerprint density at radius 1 is 1.22 bits per heavy atom. The van der Waals surface area contributed by atoms with E-state index in [1.807, 2.05) is 42.5 Å². The lowest BCUT2D eigenvalue weighted by atomic mass is 10.1. The third-order valence-electron chi connectivity index (χ3n) is 4.15. The van der Waals surface area contributed by atoms with Gasteiger partial charge in [0.05, 0.1) is 7.11 Å². The van der Waals surface area contributed by atoms with E-state index < -0.39 is 0 Å². The molecule has 0 aliphatic carbocycles. The minimum absolute atomic E-state index is 0.0902. The SMILES string of the molecule is C=CCN(Cc1ccccc1)C(=O)/C=C/c1cc(OC)c2c(c1)OCCO2. The van der Waals surface area contributed by atoms with E-state index in [1.54, 1.807) is 30.2 Å². The molecular formula is C22H23NO4. The van der Waals surface area contributed by atoms with Gasteiger partial charge in [0.1, 0.15) is 13.2 Å². The summed E-state index contributed by atoms with van der Waals surface area (Å²) in [5.74, 6) is 1.73. The number of rotatable bonds is 7. The molecule has 1 heterocycles. The molecule has 2 aromatic carbocycles. The lowest BCUT2D eigenvalue weighted by Crippen LogP contribution is -2.29. The molecule has 5 nitrogen and oxygen atoms in total. The predicted molar refractivity (Wildman–Crippen MR) is 105 cm³/mol. The third-order valence-corrected chi connectivity index (χ3v) is 4.15. The Hall–Kier alpha value is -3.21. The van der Waals surface area contributed by atoms with Gasteiger partial charge in [-0.1, -0.05) is 36.4 Å². The van der Waals surface area contributed by atoms with Crippen molar-refractivity contribution in [3.05, 3.63) is 72.3 Å². The van der Waals surface area contributed by atoms with Crippen molar-refractivity contribution in [2.24, 2.45) is 0 Å². The first-order valence-corrected chi connectivity index (χ1v) is 8.80. The first-order chi connectivity index (χ1) is 13.2. The zero-order chi connectivity index (χ0) is 19.1. The highest BCUT2D eigenvalue weighted by Gasteiger charge is 2.18. The van der Waals surface area contributed by atoms with Crippen molar-refractivity contribution >= 4 is 12.0 Å². The van der Waals surface area contributed by atoms with Crippen molar-refractivity contribution in [2.45, 2.75) is 6.54 Å². The topological polar surface area (TPSA) is 48.0 Å². The number of carbonyl (C=O) groups is 1.